The Morgan fingerprint density at radius 3 is 2.62 bits per heavy atom. The Hall–Kier alpha value is -1.47. The molecule has 2 fully saturated rings. The van der Waals surface area contributed by atoms with Crippen molar-refractivity contribution in [2.75, 3.05) is 13.1 Å². The minimum atomic E-state index is -1.03. The second kappa shape index (κ2) is 5.73. The van der Waals surface area contributed by atoms with Gasteiger partial charge in [-0.2, -0.15) is 0 Å². The smallest absolute Gasteiger partial charge is 0.358 e. The van der Waals surface area contributed by atoms with Gasteiger partial charge < -0.3 is 15.5 Å². The third kappa shape index (κ3) is 2.94. The molecule has 1 saturated heterocycles. The van der Waals surface area contributed by atoms with Crippen LogP contribution in [0.4, 0.5) is 0 Å². The van der Waals surface area contributed by atoms with Crippen LogP contribution in [-0.2, 0) is 6.54 Å². The quantitative estimate of drug-likeness (QED) is 0.757. The summed E-state index contributed by atoms with van der Waals surface area (Å²) >= 11 is 0. The zero-order valence-corrected chi connectivity index (χ0v) is 12.1. The van der Waals surface area contributed by atoms with Crippen molar-refractivity contribution in [3.8, 4) is 0 Å². The highest BCUT2D eigenvalue weighted by atomic mass is 16.4. The van der Waals surface area contributed by atoms with E-state index in [1.165, 1.54) is 0 Å². The Kier molecular flexibility index (Phi) is 3.95. The minimum absolute atomic E-state index is 0.0449. The van der Waals surface area contributed by atoms with Crippen molar-refractivity contribution in [3.63, 3.8) is 0 Å². The number of hydrogen-bond donors (Lipinski definition) is 3. The zero-order valence-electron chi connectivity index (χ0n) is 12.1. The average Bonchev–Trinajstić information content (AvgIpc) is 3.07. The number of carbonyl (C=O) groups is 1. The highest BCUT2D eigenvalue weighted by molar-refractivity contribution is 5.86. The van der Waals surface area contributed by atoms with Gasteiger partial charge in [0.1, 0.15) is 0 Å². The minimum Gasteiger partial charge on any atom is -0.476 e. The molecule has 0 bridgehead atoms. The van der Waals surface area contributed by atoms with Crippen molar-refractivity contribution in [1.29, 1.82) is 0 Å². The fourth-order valence-electron chi connectivity index (χ4n) is 3.56. The molecule has 2 aliphatic rings. The first-order valence-corrected chi connectivity index (χ1v) is 7.69. The summed E-state index contributed by atoms with van der Waals surface area (Å²) in [6.07, 6.45) is 5.29. The lowest BCUT2D eigenvalue weighted by molar-refractivity contribution is 0.0246. The number of nitrogens with one attached hydrogen (secondary N) is 1. The molecular formula is C14H22N4O3. The van der Waals surface area contributed by atoms with E-state index in [9.17, 15) is 15.0 Å². The fourth-order valence-corrected chi connectivity index (χ4v) is 3.56. The summed E-state index contributed by atoms with van der Waals surface area (Å²) in [6, 6.07) is 0. The number of carboxylic acid groups (broad SMARTS) is 1. The van der Waals surface area contributed by atoms with Gasteiger partial charge in [0.2, 0.25) is 0 Å². The van der Waals surface area contributed by atoms with Crippen molar-refractivity contribution >= 4 is 5.97 Å². The first-order valence-electron chi connectivity index (χ1n) is 7.69. The molecule has 0 atom stereocenters. The van der Waals surface area contributed by atoms with Gasteiger partial charge in [0, 0.05) is 5.92 Å². The molecule has 1 aromatic rings. The van der Waals surface area contributed by atoms with Crippen LogP contribution in [0.3, 0.4) is 0 Å². The molecule has 3 rings (SSSR count). The van der Waals surface area contributed by atoms with Crippen LogP contribution in [0.1, 0.15) is 60.6 Å². The van der Waals surface area contributed by atoms with Crippen molar-refractivity contribution in [3.05, 3.63) is 11.4 Å². The maximum Gasteiger partial charge on any atom is 0.358 e. The Balaban J connectivity index is 1.90. The molecular weight excluding hydrogens is 272 g/mol. The molecule has 1 saturated carbocycles. The highest BCUT2D eigenvalue weighted by Crippen LogP contribution is 2.33. The molecule has 1 aliphatic carbocycles. The van der Waals surface area contributed by atoms with E-state index in [1.807, 2.05) is 0 Å². The van der Waals surface area contributed by atoms with Crippen LogP contribution in [0.5, 0.6) is 0 Å². The molecule has 1 aliphatic heterocycles. The van der Waals surface area contributed by atoms with Gasteiger partial charge >= 0.3 is 5.97 Å². The SMILES string of the molecule is O=C(O)c1nnn(CC2(O)CCCC2)c1C1CCNCC1. The highest BCUT2D eigenvalue weighted by Gasteiger charge is 2.35. The summed E-state index contributed by atoms with van der Waals surface area (Å²) < 4.78 is 1.64. The topological polar surface area (TPSA) is 100 Å². The summed E-state index contributed by atoms with van der Waals surface area (Å²) in [5.74, 6) is -0.884. The molecule has 1 aromatic heterocycles. The third-order valence-electron chi connectivity index (χ3n) is 4.68. The van der Waals surface area contributed by atoms with E-state index in [1.54, 1.807) is 4.68 Å². The Morgan fingerprint density at radius 1 is 1.33 bits per heavy atom. The molecule has 7 heteroatoms. The first kappa shape index (κ1) is 14.5. The van der Waals surface area contributed by atoms with E-state index in [0.717, 1.165) is 51.6 Å². The van der Waals surface area contributed by atoms with Crippen LogP contribution in [0.25, 0.3) is 0 Å². The molecule has 0 amide bonds. The number of aromatic carboxylic acids is 1. The molecule has 3 N–H and O–H groups in total. The van der Waals surface area contributed by atoms with E-state index in [4.69, 9.17) is 0 Å². The van der Waals surface area contributed by atoms with Gasteiger partial charge in [-0.25, -0.2) is 9.48 Å². The van der Waals surface area contributed by atoms with Crippen molar-refractivity contribution in [2.45, 2.75) is 56.6 Å². The predicted octanol–water partition coefficient (Wildman–Crippen LogP) is 0.748. The third-order valence-corrected chi connectivity index (χ3v) is 4.68. The Bertz CT molecular complexity index is 516. The summed E-state index contributed by atoms with van der Waals surface area (Å²) in [5.41, 5.74) is -0.0293. The van der Waals surface area contributed by atoms with Crippen LogP contribution in [-0.4, -0.2) is 49.9 Å². The Morgan fingerprint density at radius 2 is 2.00 bits per heavy atom. The summed E-state index contributed by atoms with van der Waals surface area (Å²) in [4.78, 5) is 11.4. The summed E-state index contributed by atoms with van der Waals surface area (Å²) in [6.45, 7) is 2.10. The number of aromatic nitrogens is 3. The van der Waals surface area contributed by atoms with E-state index in [2.05, 4.69) is 15.6 Å². The van der Waals surface area contributed by atoms with Crippen molar-refractivity contribution in [1.82, 2.24) is 20.3 Å². The first-order chi connectivity index (χ1) is 10.1. The molecule has 0 unspecified atom stereocenters. The summed E-state index contributed by atoms with van der Waals surface area (Å²) in [7, 11) is 0. The second-order valence-corrected chi connectivity index (χ2v) is 6.24. The van der Waals surface area contributed by atoms with Gasteiger partial charge in [0.15, 0.2) is 5.69 Å². The van der Waals surface area contributed by atoms with Crippen LogP contribution >= 0.6 is 0 Å². The Labute approximate surface area is 123 Å². The lowest BCUT2D eigenvalue weighted by atomic mass is 9.92. The molecule has 0 aromatic carbocycles. The van der Waals surface area contributed by atoms with Gasteiger partial charge in [-0.05, 0) is 38.8 Å². The standard InChI is InChI=1S/C14H22N4O3/c19-13(20)11-12(10-3-7-15-8-4-10)18(17-16-11)9-14(21)5-1-2-6-14/h10,15,21H,1-9H2,(H,19,20). The van der Waals surface area contributed by atoms with Gasteiger partial charge in [0.05, 0.1) is 17.8 Å². The molecule has 2 heterocycles. The number of nitrogens with zero attached hydrogens (tertiary/aromatic N) is 3. The number of piperidine rings is 1. The average molecular weight is 294 g/mol. The van der Waals surface area contributed by atoms with E-state index in [0.29, 0.717) is 12.2 Å². The largest absolute Gasteiger partial charge is 0.476 e. The molecule has 0 spiro atoms. The fraction of sp³-hybridized carbons (Fsp3) is 0.786. The monoisotopic (exact) mass is 294 g/mol. The lowest BCUT2D eigenvalue weighted by Gasteiger charge is -2.27. The molecule has 116 valence electrons. The van der Waals surface area contributed by atoms with Gasteiger partial charge in [-0.15, -0.1) is 5.10 Å². The van der Waals surface area contributed by atoms with Crippen LogP contribution in [0, 0.1) is 0 Å². The number of carboxylic acids is 1. The normalized spacial score (nSPS) is 22.5. The van der Waals surface area contributed by atoms with Crippen LogP contribution in [0.15, 0.2) is 0 Å². The number of hydrogen-bond acceptors (Lipinski definition) is 5. The molecule has 0 radical (unpaired) electrons. The summed E-state index contributed by atoms with van der Waals surface area (Å²) in [5, 5.41) is 31.1. The number of rotatable bonds is 4. The van der Waals surface area contributed by atoms with Crippen molar-refractivity contribution in [2.24, 2.45) is 0 Å². The van der Waals surface area contributed by atoms with Crippen molar-refractivity contribution < 1.29 is 15.0 Å². The molecule has 21 heavy (non-hydrogen) atoms. The van der Waals surface area contributed by atoms with Gasteiger partial charge in [-0.3, -0.25) is 0 Å². The predicted molar refractivity (Wildman–Crippen MR) is 75.2 cm³/mol. The molecule has 7 nitrogen and oxygen atoms in total. The van der Waals surface area contributed by atoms with Gasteiger partial charge in [0.25, 0.3) is 0 Å². The zero-order chi connectivity index (χ0) is 14.9. The van der Waals surface area contributed by atoms with Gasteiger partial charge in [-0.1, -0.05) is 18.1 Å². The number of aliphatic hydroxyl groups is 1. The van der Waals surface area contributed by atoms with Crippen LogP contribution < -0.4 is 5.32 Å². The maximum atomic E-state index is 11.4. The van der Waals surface area contributed by atoms with E-state index in [-0.39, 0.29) is 11.6 Å². The lowest BCUT2D eigenvalue weighted by Crippen LogP contribution is -2.34. The van der Waals surface area contributed by atoms with Crippen LogP contribution in [0.2, 0.25) is 0 Å². The maximum absolute atomic E-state index is 11.4. The second-order valence-electron chi connectivity index (χ2n) is 6.24. The van der Waals surface area contributed by atoms with E-state index < -0.39 is 11.6 Å². The van der Waals surface area contributed by atoms with E-state index >= 15 is 0 Å².